The Balaban J connectivity index is 0.00000480. The molecule has 2 N–H and O–H groups in total. The number of aliphatic imine (C=N–C) groups is 1. The van der Waals surface area contributed by atoms with Gasteiger partial charge in [-0.2, -0.15) is 0 Å². The van der Waals surface area contributed by atoms with E-state index in [0.29, 0.717) is 37.7 Å². The fourth-order valence-electron chi connectivity index (χ4n) is 3.36. The molecule has 31 heavy (non-hydrogen) atoms. The van der Waals surface area contributed by atoms with Crippen molar-refractivity contribution < 1.29 is 13.9 Å². The SMILES string of the molecule is CN=C(NCc1ccc(F)c(CN(C)C)c1)NC1CCCN(C(=O)OC(C)(C)C)C1.I. The Morgan fingerprint density at radius 1 is 1.35 bits per heavy atom. The van der Waals surface area contributed by atoms with Crippen molar-refractivity contribution in [2.45, 2.75) is 58.3 Å². The van der Waals surface area contributed by atoms with Crippen LogP contribution in [0.4, 0.5) is 9.18 Å². The van der Waals surface area contributed by atoms with Crippen LogP contribution in [0.15, 0.2) is 23.2 Å². The van der Waals surface area contributed by atoms with Gasteiger partial charge in [0.1, 0.15) is 11.4 Å². The minimum absolute atomic E-state index is 0. The number of carbonyl (C=O) groups is 1. The zero-order valence-electron chi connectivity index (χ0n) is 19.5. The van der Waals surface area contributed by atoms with Gasteiger partial charge < -0.3 is 25.2 Å². The zero-order chi connectivity index (χ0) is 22.3. The summed E-state index contributed by atoms with van der Waals surface area (Å²) in [6, 6.07) is 5.25. The number of ether oxygens (including phenoxy) is 1. The number of hydrogen-bond donors (Lipinski definition) is 2. The number of guanidine groups is 1. The molecule has 176 valence electrons. The van der Waals surface area contributed by atoms with Crippen LogP contribution >= 0.6 is 24.0 Å². The Hall–Kier alpha value is -1.62. The van der Waals surface area contributed by atoms with E-state index < -0.39 is 5.60 Å². The molecule has 0 spiro atoms. The fraction of sp³-hybridized carbons (Fsp3) is 0.636. The summed E-state index contributed by atoms with van der Waals surface area (Å²) in [6.45, 7) is 7.96. The number of rotatable bonds is 5. The minimum atomic E-state index is -0.504. The summed E-state index contributed by atoms with van der Waals surface area (Å²) in [7, 11) is 5.55. The number of halogens is 2. The lowest BCUT2D eigenvalue weighted by Crippen LogP contribution is -2.53. The van der Waals surface area contributed by atoms with Gasteiger partial charge in [-0.1, -0.05) is 6.07 Å². The largest absolute Gasteiger partial charge is 0.444 e. The molecule has 0 saturated carbocycles. The Bertz CT molecular complexity index is 752. The average Bonchev–Trinajstić information content (AvgIpc) is 2.66. The highest BCUT2D eigenvalue weighted by molar-refractivity contribution is 14.0. The summed E-state index contributed by atoms with van der Waals surface area (Å²) in [4.78, 5) is 20.3. The van der Waals surface area contributed by atoms with Gasteiger partial charge in [0.2, 0.25) is 0 Å². The first-order valence-corrected chi connectivity index (χ1v) is 10.4. The maximum absolute atomic E-state index is 14.0. The Morgan fingerprint density at radius 2 is 2.06 bits per heavy atom. The molecule has 1 saturated heterocycles. The van der Waals surface area contributed by atoms with E-state index in [1.165, 1.54) is 6.07 Å². The van der Waals surface area contributed by atoms with Gasteiger partial charge in [-0.3, -0.25) is 4.99 Å². The molecule has 1 aromatic rings. The number of carbonyl (C=O) groups excluding carboxylic acids is 1. The van der Waals surface area contributed by atoms with Crippen LogP contribution in [0.1, 0.15) is 44.7 Å². The van der Waals surface area contributed by atoms with Crippen LogP contribution in [-0.2, 0) is 17.8 Å². The van der Waals surface area contributed by atoms with Crippen molar-refractivity contribution in [3.63, 3.8) is 0 Å². The minimum Gasteiger partial charge on any atom is -0.444 e. The van der Waals surface area contributed by atoms with Crippen molar-refractivity contribution >= 4 is 36.0 Å². The van der Waals surface area contributed by atoms with E-state index in [9.17, 15) is 9.18 Å². The van der Waals surface area contributed by atoms with Gasteiger partial charge in [0.25, 0.3) is 0 Å². The second-order valence-corrected chi connectivity index (χ2v) is 9.00. The Morgan fingerprint density at radius 3 is 2.68 bits per heavy atom. The number of piperidine rings is 1. The molecule has 1 fully saturated rings. The van der Waals surface area contributed by atoms with Gasteiger partial charge in [0, 0.05) is 44.8 Å². The molecule has 9 heteroatoms. The fourth-order valence-corrected chi connectivity index (χ4v) is 3.36. The van der Waals surface area contributed by atoms with Crippen LogP contribution in [0.5, 0.6) is 0 Å². The molecule has 0 bridgehead atoms. The van der Waals surface area contributed by atoms with E-state index in [1.807, 2.05) is 45.8 Å². The molecule has 1 aromatic carbocycles. The molecule has 2 rings (SSSR count). The lowest BCUT2D eigenvalue weighted by atomic mass is 10.1. The van der Waals surface area contributed by atoms with Gasteiger partial charge in [-0.25, -0.2) is 9.18 Å². The quantitative estimate of drug-likeness (QED) is 0.334. The van der Waals surface area contributed by atoms with Crippen LogP contribution < -0.4 is 10.6 Å². The average molecular weight is 549 g/mol. The van der Waals surface area contributed by atoms with E-state index in [-0.39, 0.29) is 41.9 Å². The highest BCUT2D eigenvalue weighted by atomic mass is 127. The number of nitrogens with zero attached hydrogens (tertiary/aromatic N) is 3. The second-order valence-electron chi connectivity index (χ2n) is 9.00. The van der Waals surface area contributed by atoms with Gasteiger partial charge in [0.15, 0.2) is 5.96 Å². The monoisotopic (exact) mass is 549 g/mol. The third-order valence-corrected chi connectivity index (χ3v) is 4.69. The smallest absolute Gasteiger partial charge is 0.410 e. The van der Waals surface area contributed by atoms with Gasteiger partial charge in [-0.15, -0.1) is 24.0 Å². The van der Waals surface area contributed by atoms with Crippen molar-refractivity contribution in [1.82, 2.24) is 20.4 Å². The molecule has 1 heterocycles. The van der Waals surface area contributed by atoms with Crippen molar-refractivity contribution in [1.29, 1.82) is 0 Å². The van der Waals surface area contributed by atoms with Crippen LogP contribution in [0, 0.1) is 5.82 Å². The summed E-state index contributed by atoms with van der Waals surface area (Å²) in [5.74, 6) is 0.462. The van der Waals surface area contributed by atoms with E-state index in [2.05, 4.69) is 15.6 Å². The summed E-state index contributed by atoms with van der Waals surface area (Å²) in [5, 5.41) is 6.67. The summed E-state index contributed by atoms with van der Waals surface area (Å²) in [5.41, 5.74) is 1.15. The van der Waals surface area contributed by atoms with Crippen molar-refractivity contribution in [3.8, 4) is 0 Å². The van der Waals surface area contributed by atoms with Gasteiger partial charge >= 0.3 is 6.09 Å². The highest BCUT2D eigenvalue weighted by Crippen LogP contribution is 2.16. The lowest BCUT2D eigenvalue weighted by molar-refractivity contribution is 0.0193. The van der Waals surface area contributed by atoms with Crippen LogP contribution in [0.2, 0.25) is 0 Å². The first-order valence-electron chi connectivity index (χ1n) is 10.4. The van der Waals surface area contributed by atoms with E-state index in [1.54, 1.807) is 18.0 Å². The second kappa shape index (κ2) is 12.4. The number of likely N-dealkylation sites (tertiary alicyclic amines) is 1. The molecule has 1 unspecified atom stereocenters. The van der Waals surface area contributed by atoms with Crippen LogP contribution in [-0.4, -0.2) is 67.7 Å². The van der Waals surface area contributed by atoms with Gasteiger partial charge in [0.05, 0.1) is 0 Å². The zero-order valence-corrected chi connectivity index (χ0v) is 21.8. The Labute approximate surface area is 202 Å². The number of benzene rings is 1. The molecule has 0 aromatic heterocycles. The Kier molecular flexibility index (Phi) is 11.0. The third-order valence-electron chi connectivity index (χ3n) is 4.69. The van der Waals surface area contributed by atoms with Crippen LogP contribution in [0.25, 0.3) is 0 Å². The number of amides is 1. The predicted molar refractivity (Wildman–Crippen MR) is 133 cm³/mol. The molecule has 0 aliphatic carbocycles. The molecular weight excluding hydrogens is 512 g/mol. The van der Waals surface area contributed by atoms with Crippen molar-refractivity contribution in [2.24, 2.45) is 4.99 Å². The maximum Gasteiger partial charge on any atom is 0.410 e. The topological polar surface area (TPSA) is 69.2 Å². The molecule has 1 aliphatic heterocycles. The van der Waals surface area contributed by atoms with Crippen molar-refractivity contribution in [2.75, 3.05) is 34.2 Å². The number of nitrogens with one attached hydrogen (secondary N) is 2. The first kappa shape index (κ1) is 27.4. The molecule has 0 radical (unpaired) electrons. The predicted octanol–water partition coefficient (Wildman–Crippen LogP) is 3.57. The summed E-state index contributed by atoms with van der Waals surface area (Å²) in [6.07, 6.45) is 1.57. The molecule has 7 nitrogen and oxygen atoms in total. The van der Waals surface area contributed by atoms with Crippen LogP contribution in [0.3, 0.4) is 0 Å². The first-order chi connectivity index (χ1) is 14.1. The molecule has 1 atom stereocenters. The molecular formula is C22H37FIN5O2. The highest BCUT2D eigenvalue weighted by Gasteiger charge is 2.28. The van der Waals surface area contributed by atoms with E-state index in [0.717, 1.165) is 18.4 Å². The summed E-state index contributed by atoms with van der Waals surface area (Å²) >= 11 is 0. The van der Waals surface area contributed by atoms with Crippen molar-refractivity contribution in [3.05, 3.63) is 35.1 Å². The standard InChI is InChI=1S/C22H36FN5O2.HI/c1-22(2,3)30-21(29)28-11-7-8-18(15-28)26-20(24-4)25-13-16-9-10-19(23)17(12-16)14-27(5)6;/h9-10,12,18H,7-8,11,13-15H2,1-6H3,(H2,24,25,26);1H. The summed E-state index contributed by atoms with van der Waals surface area (Å²) < 4.78 is 19.5. The molecule has 1 aliphatic rings. The molecule has 1 amide bonds. The van der Waals surface area contributed by atoms with Gasteiger partial charge in [-0.05, 0) is 65.4 Å². The number of hydrogen-bond acceptors (Lipinski definition) is 4. The maximum atomic E-state index is 14.0. The normalized spacial score (nSPS) is 17.2. The van der Waals surface area contributed by atoms with E-state index in [4.69, 9.17) is 4.74 Å². The van der Waals surface area contributed by atoms with E-state index >= 15 is 0 Å². The third kappa shape index (κ3) is 9.59. The lowest BCUT2D eigenvalue weighted by Gasteiger charge is -2.35.